The number of hydrogen-bond donors (Lipinski definition) is 1. The first-order valence-corrected chi connectivity index (χ1v) is 15.5. The summed E-state index contributed by atoms with van der Waals surface area (Å²) in [6.07, 6.45) is 1.04. The lowest BCUT2D eigenvalue weighted by molar-refractivity contribution is -0.140. The Hall–Kier alpha value is -3.27. The largest absolute Gasteiger partial charge is 0.497 e. The predicted octanol–water partition coefficient (Wildman–Crippen LogP) is 5.92. The van der Waals surface area contributed by atoms with Crippen LogP contribution in [0.3, 0.4) is 0 Å². The normalized spacial score (nSPS) is 12.7. The molecule has 11 heteroatoms. The first-order chi connectivity index (χ1) is 19.5. The van der Waals surface area contributed by atoms with Crippen LogP contribution in [-0.2, 0) is 26.2 Å². The zero-order valence-corrected chi connectivity index (χ0v) is 25.8. The van der Waals surface area contributed by atoms with E-state index in [1.165, 1.54) is 35.2 Å². The Kier molecular flexibility index (Phi) is 11.5. The third kappa shape index (κ3) is 8.38. The van der Waals surface area contributed by atoms with Crippen LogP contribution >= 0.6 is 23.2 Å². The summed E-state index contributed by atoms with van der Waals surface area (Å²) in [5.74, 6) is -0.211. The van der Waals surface area contributed by atoms with Crippen LogP contribution in [0.4, 0.5) is 5.69 Å². The van der Waals surface area contributed by atoms with Gasteiger partial charge in [0.05, 0.1) is 17.7 Å². The van der Waals surface area contributed by atoms with Crippen molar-refractivity contribution in [2.45, 2.75) is 57.1 Å². The maximum atomic E-state index is 14.1. The SMILES string of the molecule is CC[C@H](C(=O)N[C@@H](C)CC)N(Cc1ccc(OC)cc1)C(=O)CN(c1cccc(Cl)c1)S(=O)(=O)c1ccc(Cl)cc1. The highest BCUT2D eigenvalue weighted by atomic mass is 35.5. The van der Waals surface area contributed by atoms with Gasteiger partial charge in [0.1, 0.15) is 18.3 Å². The average Bonchev–Trinajstić information content (AvgIpc) is 2.96. The number of sulfonamides is 1. The molecule has 1 N–H and O–H groups in total. The third-order valence-corrected chi connectivity index (χ3v) is 8.95. The zero-order chi connectivity index (χ0) is 30.2. The highest BCUT2D eigenvalue weighted by Crippen LogP contribution is 2.28. The number of rotatable bonds is 13. The number of benzene rings is 3. The molecule has 3 aromatic rings. The number of ether oxygens (including phenoxy) is 1. The van der Waals surface area contributed by atoms with E-state index in [0.29, 0.717) is 22.2 Å². The minimum Gasteiger partial charge on any atom is -0.497 e. The molecule has 0 heterocycles. The molecule has 0 bridgehead atoms. The molecule has 0 unspecified atom stereocenters. The van der Waals surface area contributed by atoms with Gasteiger partial charge in [0.2, 0.25) is 11.8 Å². The lowest BCUT2D eigenvalue weighted by Gasteiger charge is -2.33. The van der Waals surface area contributed by atoms with Gasteiger partial charge >= 0.3 is 0 Å². The van der Waals surface area contributed by atoms with Gasteiger partial charge in [-0.05, 0) is 79.9 Å². The molecule has 0 aliphatic heterocycles. The van der Waals surface area contributed by atoms with Crippen LogP contribution in [0.25, 0.3) is 0 Å². The van der Waals surface area contributed by atoms with Crippen molar-refractivity contribution in [3.63, 3.8) is 0 Å². The molecule has 3 rings (SSSR count). The molecular weight excluding hydrogens is 585 g/mol. The molecule has 0 saturated heterocycles. The molecule has 0 aliphatic rings. The van der Waals surface area contributed by atoms with Crippen LogP contribution in [0.5, 0.6) is 5.75 Å². The second-order valence-corrected chi connectivity index (χ2v) is 12.3. The minimum atomic E-state index is -4.22. The Labute approximate surface area is 252 Å². The Morgan fingerprint density at radius 1 is 0.927 bits per heavy atom. The number of amides is 2. The van der Waals surface area contributed by atoms with E-state index in [0.717, 1.165) is 16.3 Å². The molecule has 0 fully saturated rings. The van der Waals surface area contributed by atoms with E-state index in [9.17, 15) is 18.0 Å². The number of halogens is 2. The number of nitrogens with zero attached hydrogens (tertiary/aromatic N) is 2. The molecule has 2 atom stereocenters. The molecule has 0 aliphatic carbocycles. The van der Waals surface area contributed by atoms with Crippen LogP contribution in [-0.4, -0.2) is 50.9 Å². The fraction of sp³-hybridized carbons (Fsp3) is 0.333. The number of methoxy groups -OCH3 is 1. The van der Waals surface area contributed by atoms with Crippen LogP contribution < -0.4 is 14.4 Å². The Morgan fingerprint density at radius 3 is 2.15 bits per heavy atom. The van der Waals surface area contributed by atoms with E-state index in [1.807, 2.05) is 20.8 Å². The van der Waals surface area contributed by atoms with Crippen molar-refractivity contribution in [2.24, 2.45) is 0 Å². The summed E-state index contributed by atoms with van der Waals surface area (Å²) in [4.78, 5) is 28.8. The molecule has 8 nitrogen and oxygen atoms in total. The summed E-state index contributed by atoms with van der Waals surface area (Å²) < 4.78 is 34.0. The van der Waals surface area contributed by atoms with Gasteiger partial charge in [-0.2, -0.15) is 0 Å². The van der Waals surface area contributed by atoms with E-state index < -0.39 is 28.5 Å². The second-order valence-electron chi connectivity index (χ2n) is 9.56. The van der Waals surface area contributed by atoms with Crippen molar-refractivity contribution >= 4 is 50.7 Å². The van der Waals surface area contributed by atoms with Crippen LogP contribution in [0.1, 0.15) is 39.2 Å². The van der Waals surface area contributed by atoms with Crippen molar-refractivity contribution in [2.75, 3.05) is 18.0 Å². The number of carbonyl (C=O) groups excluding carboxylic acids is 2. The third-order valence-electron chi connectivity index (χ3n) is 6.68. The standard InChI is InChI=1S/C30H35Cl2N3O5S/c1-5-21(3)33-30(37)28(6-2)34(19-22-10-14-26(40-4)15-11-22)29(36)20-35(25-9-7-8-24(32)18-25)41(38,39)27-16-12-23(31)13-17-27/h7-18,21,28H,5-6,19-20H2,1-4H3,(H,33,37)/t21-,28+/m0/s1. The van der Waals surface area contributed by atoms with E-state index in [4.69, 9.17) is 27.9 Å². The molecule has 2 amide bonds. The number of anilines is 1. The van der Waals surface area contributed by atoms with Gasteiger partial charge in [0, 0.05) is 22.6 Å². The molecule has 0 saturated carbocycles. The van der Waals surface area contributed by atoms with Gasteiger partial charge < -0.3 is 15.0 Å². The van der Waals surface area contributed by atoms with E-state index in [1.54, 1.807) is 49.6 Å². The van der Waals surface area contributed by atoms with Crippen molar-refractivity contribution in [3.8, 4) is 5.75 Å². The predicted molar refractivity (Wildman–Crippen MR) is 163 cm³/mol. The Morgan fingerprint density at radius 2 is 1.59 bits per heavy atom. The van der Waals surface area contributed by atoms with Crippen LogP contribution in [0.2, 0.25) is 10.0 Å². The second kappa shape index (κ2) is 14.6. The molecule has 0 spiro atoms. The number of hydrogen-bond acceptors (Lipinski definition) is 5. The van der Waals surface area contributed by atoms with Gasteiger partial charge in [-0.25, -0.2) is 8.42 Å². The van der Waals surface area contributed by atoms with E-state index in [-0.39, 0.29) is 29.1 Å². The Bertz CT molecular complexity index is 1430. The van der Waals surface area contributed by atoms with Crippen LogP contribution in [0, 0.1) is 0 Å². The molecule has 0 radical (unpaired) electrons. The van der Waals surface area contributed by atoms with E-state index >= 15 is 0 Å². The van der Waals surface area contributed by atoms with Crippen molar-refractivity contribution < 1.29 is 22.7 Å². The maximum absolute atomic E-state index is 14.1. The van der Waals surface area contributed by atoms with Crippen molar-refractivity contribution in [3.05, 3.63) is 88.4 Å². The van der Waals surface area contributed by atoms with E-state index in [2.05, 4.69) is 5.32 Å². The molecule has 41 heavy (non-hydrogen) atoms. The highest BCUT2D eigenvalue weighted by Gasteiger charge is 2.34. The first kappa shape index (κ1) is 32.2. The summed E-state index contributed by atoms with van der Waals surface area (Å²) in [5, 5.41) is 3.64. The molecule has 3 aromatic carbocycles. The average molecular weight is 621 g/mol. The summed E-state index contributed by atoms with van der Waals surface area (Å²) in [5.41, 5.74) is 0.964. The van der Waals surface area contributed by atoms with Gasteiger partial charge in [0.25, 0.3) is 10.0 Å². The Balaban J connectivity index is 2.05. The first-order valence-electron chi connectivity index (χ1n) is 13.3. The zero-order valence-electron chi connectivity index (χ0n) is 23.5. The van der Waals surface area contributed by atoms with Gasteiger partial charge in [-0.15, -0.1) is 0 Å². The summed E-state index contributed by atoms with van der Waals surface area (Å²) >= 11 is 12.2. The highest BCUT2D eigenvalue weighted by molar-refractivity contribution is 7.92. The summed E-state index contributed by atoms with van der Waals surface area (Å²) in [6.45, 7) is 5.18. The summed E-state index contributed by atoms with van der Waals surface area (Å²) in [7, 11) is -2.66. The number of carbonyl (C=O) groups is 2. The van der Waals surface area contributed by atoms with Crippen molar-refractivity contribution in [1.82, 2.24) is 10.2 Å². The quantitative estimate of drug-likeness (QED) is 0.256. The maximum Gasteiger partial charge on any atom is 0.264 e. The minimum absolute atomic E-state index is 0.0436. The fourth-order valence-corrected chi connectivity index (χ4v) is 5.90. The molecule has 0 aromatic heterocycles. The van der Waals surface area contributed by atoms with Crippen LogP contribution in [0.15, 0.2) is 77.7 Å². The van der Waals surface area contributed by atoms with Crippen molar-refractivity contribution in [1.29, 1.82) is 0 Å². The van der Waals surface area contributed by atoms with Gasteiger partial charge in [0.15, 0.2) is 0 Å². The lowest BCUT2D eigenvalue weighted by Crippen LogP contribution is -2.53. The van der Waals surface area contributed by atoms with Gasteiger partial charge in [-0.3, -0.25) is 13.9 Å². The fourth-order valence-electron chi connectivity index (χ4n) is 4.18. The topological polar surface area (TPSA) is 96.0 Å². The summed E-state index contributed by atoms with van der Waals surface area (Å²) in [6, 6.07) is 18.2. The lowest BCUT2D eigenvalue weighted by atomic mass is 10.1. The molecule has 220 valence electrons. The monoisotopic (exact) mass is 619 g/mol. The smallest absolute Gasteiger partial charge is 0.264 e. The van der Waals surface area contributed by atoms with Gasteiger partial charge in [-0.1, -0.05) is 55.2 Å². The molecular formula is C30H35Cl2N3O5S. The number of nitrogens with one attached hydrogen (secondary N) is 1.